The molecule has 0 N–H and O–H groups in total. The van der Waals surface area contributed by atoms with Gasteiger partial charge in [-0.15, -0.1) is 0 Å². The summed E-state index contributed by atoms with van der Waals surface area (Å²) in [6.07, 6.45) is 8.23. The highest BCUT2D eigenvalue weighted by atomic mass is 16.1. The van der Waals surface area contributed by atoms with E-state index in [2.05, 4.69) is 24.3 Å². The zero-order chi connectivity index (χ0) is 12.6. The highest BCUT2D eigenvalue weighted by Gasteiger charge is 1.93. The largest absolute Gasteiger partial charge is 0.299 e. The van der Waals surface area contributed by atoms with Crippen molar-refractivity contribution >= 4 is 24.5 Å². The van der Waals surface area contributed by atoms with Crippen molar-refractivity contribution in [1.82, 2.24) is 0 Å². The topological polar surface area (TPSA) is 17.1 Å². The monoisotopic (exact) mass is 234 g/mol. The molecule has 2 aromatic rings. The molecule has 0 radical (unpaired) electrons. The first kappa shape index (κ1) is 12.1. The minimum Gasteiger partial charge on any atom is -0.299 e. The van der Waals surface area contributed by atoms with Gasteiger partial charge in [0.25, 0.3) is 0 Å². The lowest BCUT2D eigenvalue weighted by molar-refractivity contribution is -0.104. The number of hydrogen-bond acceptors (Lipinski definition) is 1. The first-order valence-electron chi connectivity index (χ1n) is 5.84. The van der Waals surface area contributed by atoms with Crippen LogP contribution in [0.4, 0.5) is 0 Å². The van der Waals surface area contributed by atoms with Crippen molar-refractivity contribution < 1.29 is 4.79 Å². The lowest BCUT2D eigenvalue weighted by Crippen LogP contribution is -1.79. The first-order chi connectivity index (χ1) is 8.90. The Labute approximate surface area is 107 Å². The summed E-state index contributed by atoms with van der Waals surface area (Å²) < 4.78 is 0. The number of carbonyl (C=O) groups is 1. The molecule has 18 heavy (non-hydrogen) atoms. The standard InChI is InChI=1S/C17H14O/c18-14-6-11-16-9-4-5-10-17(16)13-12-15-7-2-1-3-8-15/h1-14H/b11-6+,13-12?. The second kappa shape index (κ2) is 6.36. The predicted molar refractivity (Wildman–Crippen MR) is 76.9 cm³/mol. The van der Waals surface area contributed by atoms with Gasteiger partial charge in [0.2, 0.25) is 0 Å². The zero-order valence-corrected chi connectivity index (χ0v) is 9.99. The van der Waals surface area contributed by atoms with E-state index >= 15 is 0 Å². The number of allylic oxidation sites excluding steroid dienone is 1. The van der Waals surface area contributed by atoms with E-state index in [9.17, 15) is 4.79 Å². The summed E-state index contributed by atoms with van der Waals surface area (Å²) in [5, 5.41) is 0. The Morgan fingerprint density at radius 3 is 1.94 bits per heavy atom. The third kappa shape index (κ3) is 3.29. The number of aldehydes is 1. The van der Waals surface area contributed by atoms with Gasteiger partial charge in [-0.3, -0.25) is 4.79 Å². The summed E-state index contributed by atoms with van der Waals surface area (Å²) in [5.74, 6) is 0. The lowest BCUT2D eigenvalue weighted by atomic mass is 10.1. The van der Waals surface area contributed by atoms with E-state index < -0.39 is 0 Å². The first-order valence-corrected chi connectivity index (χ1v) is 5.84. The van der Waals surface area contributed by atoms with Crippen molar-refractivity contribution in [3.05, 3.63) is 77.4 Å². The van der Waals surface area contributed by atoms with Crippen LogP contribution in [0.1, 0.15) is 16.7 Å². The Morgan fingerprint density at radius 1 is 0.667 bits per heavy atom. The Hall–Kier alpha value is -2.41. The van der Waals surface area contributed by atoms with E-state index in [0.717, 1.165) is 23.0 Å². The van der Waals surface area contributed by atoms with Crippen LogP contribution < -0.4 is 0 Å². The molecule has 88 valence electrons. The molecule has 2 rings (SSSR count). The molecule has 0 aromatic heterocycles. The number of rotatable bonds is 4. The van der Waals surface area contributed by atoms with E-state index in [0.29, 0.717) is 0 Å². The van der Waals surface area contributed by atoms with Gasteiger partial charge < -0.3 is 0 Å². The summed E-state index contributed by atoms with van der Waals surface area (Å²) in [5.41, 5.74) is 3.29. The van der Waals surface area contributed by atoms with Crippen LogP contribution in [0.2, 0.25) is 0 Å². The molecule has 0 spiro atoms. The van der Waals surface area contributed by atoms with Crippen molar-refractivity contribution in [3.63, 3.8) is 0 Å². The molecule has 0 bridgehead atoms. The fourth-order valence-electron chi connectivity index (χ4n) is 1.71. The molecule has 2 aromatic carbocycles. The van der Waals surface area contributed by atoms with Gasteiger partial charge in [-0.2, -0.15) is 0 Å². The predicted octanol–water partition coefficient (Wildman–Crippen LogP) is 4.07. The molecule has 0 fully saturated rings. The van der Waals surface area contributed by atoms with E-state index in [1.165, 1.54) is 6.08 Å². The maximum absolute atomic E-state index is 10.4. The van der Waals surface area contributed by atoms with Gasteiger partial charge in [0, 0.05) is 0 Å². The fraction of sp³-hybridized carbons (Fsp3) is 0. The molecule has 0 aliphatic carbocycles. The normalized spacial score (nSPS) is 11.1. The van der Waals surface area contributed by atoms with Crippen molar-refractivity contribution in [2.45, 2.75) is 0 Å². The molecular formula is C17H14O. The molecule has 0 saturated heterocycles. The van der Waals surface area contributed by atoms with Gasteiger partial charge in [-0.25, -0.2) is 0 Å². The Kier molecular flexibility index (Phi) is 4.26. The summed E-state index contributed by atoms with van der Waals surface area (Å²) in [4.78, 5) is 10.4. The van der Waals surface area contributed by atoms with Gasteiger partial charge in [0.15, 0.2) is 0 Å². The van der Waals surface area contributed by atoms with Crippen LogP contribution in [0.3, 0.4) is 0 Å². The molecule has 0 heterocycles. The molecule has 0 aliphatic rings. The van der Waals surface area contributed by atoms with E-state index in [-0.39, 0.29) is 0 Å². The minimum absolute atomic E-state index is 0.789. The molecule has 1 nitrogen and oxygen atoms in total. The molecule has 1 heteroatoms. The maximum atomic E-state index is 10.4. The van der Waals surface area contributed by atoms with Crippen molar-refractivity contribution in [3.8, 4) is 0 Å². The quantitative estimate of drug-likeness (QED) is 0.443. The highest BCUT2D eigenvalue weighted by Crippen LogP contribution is 2.14. The third-order valence-electron chi connectivity index (χ3n) is 2.61. The molecular weight excluding hydrogens is 220 g/mol. The van der Waals surface area contributed by atoms with E-state index in [4.69, 9.17) is 0 Å². The average molecular weight is 234 g/mol. The lowest BCUT2D eigenvalue weighted by Gasteiger charge is -1.99. The van der Waals surface area contributed by atoms with Crippen LogP contribution in [0.25, 0.3) is 18.2 Å². The highest BCUT2D eigenvalue weighted by molar-refractivity contribution is 5.79. The Morgan fingerprint density at radius 2 is 1.28 bits per heavy atom. The summed E-state index contributed by atoms with van der Waals surface area (Å²) in [7, 11) is 0. The molecule has 0 amide bonds. The molecule has 0 saturated carbocycles. The van der Waals surface area contributed by atoms with Crippen molar-refractivity contribution in [2.24, 2.45) is 0 Å². The molecule has 0 aliphatic heterocycles. The average Bonchev–Trinajstić information content (AvgIpc) is 2.45. The zero-order valence-electron chi connectivity index (χ0n) is 9.99. The number of hydrogen-bond donors (Lipinski definition) is 0. The minimum atomic E-state index is 0.789. The SMILES string of the molecule is O=C/C=C/c1ccccc1C=Cc1ccccc1. The third-order valence-corrected chi connectivity index (χ3v) is 2.61. The fourth-order valence-corrected chi connectivity index (χ4v) is 1.71. The van der Waals surface area contributed by atoms with Crippen LogP contribution in [0.15, 0.2) is 60.7 Å². The van der Waals surface area contributed by atoms with Crippen LogP contribution in [0, 0.1) is 0 Å². The molecule has 0 unspecified atom stereocenters. The van der Waals surface area contributed by atoms with Gasteiger partial charge in [-0.05, 0) is 22.8 Å². The number of carbonyl (C=O) groups excluding carboxylic acids is 1. The maximum Gasteiger partial charge on any atom is 0.142 e. The number of benzene rings is 2. The van der Waals surface area contributed by atoms with E-state index in [1.54, 1.807) is 0 Å². The second-order valence-electron chi connectivity index (χ2n) is 3.87. The van der Waals surface area contributed by atoms with Crippen LogP contribution in [0.5, 0.6) is 0 Å². The Balaban J connectivity index is 2.26. The second-order valence-corrected chi connectivity index (χ2v) is 3.87. The van der Waals surface area contributed by atoms with Gasteiger partial charge in [0.1, 0.15) is 6.29 Å². The van der Waals surface area contributed by atoms with Crippen LogP contribution in [-0.2, 0) is 4.79 Å². The summed E-state index contributed by atoms with van der Waals surface area (Å²) >= 11 is 0. The Bertz CT molecular complexity index is 565. The summed E-state index contributed by atoms with van der Waals surface area (Å²) in [6, 6.07) is 18.1. The van der Waals surface area contributed by atoms with Crippen molar-refractivity contribution in [2.75, 3.05) is 0 Å². The van der Waals surface area contributed by atoms with Gasteiger partial charge in [0.05, 0.1) is 0 Å². The smallest absolute Gasteiger partial charge is 0.142 e. The summed E-state index contributed by atoms with van der Waals surface area (Å²) in [6.45, 7) is 0. The van der Waals surface area contributed by atoms with Crippen molar-refractivity contribution in [1.29, 1.82) is 0 Å². The van der Waals surface area contributed by atoms with Crippen LogP contribution in [-0.4, -0.2) is 6.29 Å². The van der Waals surface area contributed by atoms with Crippen LogP contribution >= 0.6 is 0 Å². The van der Waals surface area contributed by atoms with Gasteiger partial charge >= 0.3 is 0 Å². The molecule has 0 atom stereocenters. The van der Waals surface area contributed by atoms with E-state index in [1.807, 2.05) is 48.5 Å². The van der Waals surface area contributed by atoms with Gasteiger partial charge in [-0.1, -0.05) is 72.8 Å².